The molecule has 4 heteroatoms. The molecule has 0 aliphatic carbocycles. The van der Waals surface area contributed by atoms with Gasteiger partial charge in [-0.1, -0.05) is 0 Å². The average molecular weight is 153 g/mol. The SMILES string of the molecule is C=C(OCC)C(=O)O.Cl. The van der Waals surface area contributed by atoms with Crippen LogP contribution in [0.2, 0.25) is 0 Å². The van der Waals surface area contributed by atoms with Gasteiger partial charge in [0, 0.05) is 0 Å². The minimum absolute atomic E-state index is 0. The molecule has 1 N–H and O–H groups in total. The van der Waals surface area contributed by atoms with Crippen molar-refractivity contribution in [1.29, 1.82) is 0 Å². The van der Waals surface area contributed by atoms with Crippen LogP contribution in [0.4, 0.5) is 0 Å². The molecule has 54 valence electrons. The van der Waals surface area contributed by atoms with Gasteiger partial charge < -0.3 is 9.84 Å². The molecule has 0 saturated heterocycles. The van der Waals surface area contributed by atoms with Gasteiger partial charge in [0.2, 0.25) is 0 Å². The summed E-state index contributed by atoms with van der Waals surface area (Å²) >= 11 is 0. The number of rotatable bonds is 3. The maximum absolute atomic E-state index is 9.86. The monoisotopic (exact) mass is 152 g/mol. The normalized spacial score (nSPS) is 7.22. The molecule has 0 radical (unpaired) electrons. The van der Waals surface area contributed by atoms with Crippen molar-refractivity contribution in [3.8, 4) is 0 Å². The summed E-state index contributed by atoms with van der Waals surface area (Å²) in [4.78, 5) is 9.86. The zero-order valence-corrected chi connectivity index (χ0v) is 5.90. The average Bonchev–Trinajstić information content (AvgIpc) is 1.67. The van der Waals surface area contributed by atoms with Gasteiger partial charge in [-0.05, 0) is 13.5 Å². The molecule has 0 aliphatic heterocycles. The lowest BCUT2D eigenvalue weighted by Crippen LogP contribution is -2.02. The van der Waals surface area contributed by atoms with Crippen molar-refractivity contribution in [3.63, 3.8) is 0 Å². The van der Waals surface area contributed by atoms with Gasteiger partial charge in [0.05, 0.1) is 6.61 Å². The Bertz CT molecular complexity index is 111. The summed E-state index contributed by atoms with van der Waals surface area (Å²) in [5.74, 6) is -1.31. The Kier molecular flexibility index (Phi) is 6.73. The van der Waals surface area contributed by atoms with E-state index < -0.39 is 5.97 Å². The quantitative estimate of drug-likeness (QED) is 0.486. The molecule has 0 aromatic carbocycles. The summed E-state index contributed by atoms with van der Waals surface area (Å²) in [6, 6.07) is 0. The van der Waals surface area contributed by atoms with Crippen LogP contribution in [-0.2, 0) is 9.53 Å². The number of aliphatic carboxylic acids is 1. The number of ether oxygens (including phenoxy) is 1. The van der Waals surface area contributed by atoms with Crippen LogP contribution in [-0.4, -0.2) is 17.7 Å². The molecule has 0 bridgehead atoms. The number of halogens is 1. The van der Waals surface area contributed by atoms with Crippen molar-refractivity contribution in [1.82, 2.24) is 0 Å². The Labute approximate surface area is 59.7 Å². The standard InChI is InChI=1S/C5H8O3.ClH/c1-3-8-4(2)5(6)7;/h2-3H2,1H3,(H,6,7);1H. The molecular formula is C5H9ClO3. The summed E-state index contributed by atoms with van der Waals surface area (Å²) in [6.07, 6.45) is 0. The zero-order valence-electron chi connectivity index (χ0n) is 5.09. The van der Waals surface area contributed by atoms with Crippen LogP contribution in [0, 0.1) is 0 Å². The lowest BCUT2D eigenvalue weighted by Gasteiger charge is -1.97. The van der Waals surface area contributed by atoms with Gasteiger partial charge in [-0.3, -0.25) is 0 Å². The topological polar surface area (TPSA) is 46.5 Å². The number of carbonyl (C=O) groups is 1. The molecule has 0 atom stereocenters. The van der Waals surface area contributed by atoms with E-state index in [0.29, 0.717) is 6.61 Å². The summed E-state index contributed by atoms with van der Waals surface area (Å²) in [7, 11) is 0. The molecule has 0 rings (SSSR count). The van der Waals surface area contributed by atoms with Crippen LogP contribution in [0.5, 0.6) is 0 Å². The molecule has 3 nitrogen and oxygen atoms in total. The number of carboxylic acids is 1. The van der Waals surface area contributed by atoms with E-state index in [9.17, 15) is 4.79 Å². The minimum Gasteiger partial charge on any atom is -0.487 e. The lowest BCUT2D eigenvalue weighted by molar-refractivity contribution is -0.136. The molecule has 0 fully saturated rings. The first kappa shape index (κ1) is 11.1. The summed E-state index contributed by atoms with van der Waals surface area (Å²) < 4.78 is 4.51. The smallest absolute Gasteiger partial charge is 0.370 e. The van der Waals surface area contributed by atoms with Gasteiger partial charge in [-0.15, -0.1) is 12.4 Å². The highest BCUT2D eigenvalue weighted by atomic mass is 35.5. The summed E-state index contributed by atoms with van der Waals surface area (Å²) in [5.41, 5.74) is 0. The second-order valence-corrected chi connectivity index (χ2v) is 1.16. The van der Waals surface area contributed by atoms with E-state index in [0.717, 1.165) is 0 Å². The van der Waals surface area contributed by atoms with E-state index in [1.165, 1.54) is 0 Å². The highest BCUT2D eigenvalue weighted by Gasteiger charge is 2.00. The van der Waals surface area contributed by atoms with Crippen LogP contribution < -0.4 is 0 Å². The minimum atomic E-state index is -1.10. The summed E-state index contributed by atoms with van der Waals surface area (Å²) in [6.45, 7) is 5.18. The van der Waals surface area contributed by atoms with Gasteiger partial charge in [0.15, 0.2) is 5.76 Å². The van der Waals surface area contributed by atoms with Crippen molar-refractivity contribution in [2.45, 2.75) is 6.92 Å². The van der Waals surface area contributed by atoms with Gasteiger partial charge in [0.25, 0.3) is 0 Å². The molecule has 0 unspecified atom stereocenters. The van der Waals surface area contributed by atoms with E-state index in [-0.39, 0.29) is 18.2 Å². The maximum atomic E-state index is 9.86. The Morgan fingerprint density at radius 3 is 2.33 bits per heavy atom. The molecule has 0 aliphatic rings. The molecule has 0 aromatic rings. The number of hydrogen-bond acceptors (Lipinski definition) is 2. The van der Waals surface area contributed by atoms with Crippen LogP contribution in [0.25, 0.3) is 0 Å². The van der Waals surface area contributed by atoms with Gasteiger partial charge in [0.1, 0.15) is 0 Å². The highest BCUT2D eigenvalue weighted by molar-refractivity contribution is 5.85. The highest BCUT2D eigenvalue weighted by Crippen LogP contribution is 1.90. The summed E-state index contributed by atoms with van der Waals surface area (Å²) in [5, 5.41) is 8.09. The number of hydrogen-bond donors (Lipinski definition) is 1. The molecular weight excluding hydrogens is 144 g/mol. The van der Waals surface area contributed by atoms with Crippen molar-refractivity contribution >= 4 is 18.4 Å². The molecule has 0 amide bonds. The Morgan fingerprint density at radius 1 is 1.78 bits per heavy atom. The van der Waals surface area contributed by atoms with Crippen molar-refractivity contribution in [2.24, 2.45) is 0 Å². The fourth-order valence-electron chi connectivity index (χ4n) is 0.236. The van der Waals surface area contributed by atoms with Crippen LogP contribution in [0.1, 0.15) is 6.92 Å². The predicted molar refractivity (Wildman–Crippen MR) is 35.6 cm³/mol. The van der Waals surface area contributed by atoms with Crippen molar-refractivity contribution < 1.29 is 14.6 Å². The van der Waals surface area contributed by atoms with Gasteiger partial charge in [-0.25, -0.2) is 4.79 Å². The maximum Gasteiger partial charge on any atom is 0.370 e. The third-order valence-corrected chi connectivity index (χ3v) is 0.557. The van der Waals surface area contributed by atoms with Gasteiger partial charge >= 0.3 is 5.97 Å². The molecule has 0 spiro atoms. The van der Waals surface area contributed by atoms with Crippen LogP contribution in [0.15, 0.2) is 12.3 Å². The largest absolute Gasteiger partial charge is 0.487 e. The second kappa shape index (κ2) is 5.44. The van der Waals surface area contributed by atoms with E-state index >= 15 is 0 Å². The molecule has 0 aromatic heterocycles. The Balaban J connectivity index is 0. The first-order chi connectivity index (χ1) is 3.68. The van der Waals surface area contributed by atoms with E-state index in [4.69, 9.17) is 5.11 Å². The first-order valence-corrected chi connectivity index (χ1v) is 2.23. The van der Waals surface area contributed by atoms with Crippen LogP contribution in [0.3, 0.4) is 0 Å². The Hall–Kier alpha value is -0.700. The predicted octanol–water partition coefficient (Wildman–Crippen LogP) is 1.04. The Morgan fingerprint density at radius 2 is 2.22 bits per heavy atom. The molecule has 0 saturated carbocycles. The third kappa shape index (κ3) is 5.17. The fraction of sp³-hybridized carbons (Fsp3) is 0.400. The van der Waals surface area contributed by atoms with Gasteiger partial charge in [-0.2, -0.15) is 0 Å². The first-order valence-electron chi connectivity index (χ1n) is 2.23. The van der Waals surface area contributed by atoms with Crippen molar-refractivity contribution in [2.75, 3.05) is 6.61 Å². The zero-order chi connectivity index (χ0) is 6.57. The molecule has 0 heterocycles. The lowest BCUT2D eigenvalue weighted by atomic mass is 10.6. The number of carboxylic acid groups (broad SMARTS) is 1. The fourth-order valence-corrected chi connectivity index (χ4v) is 0.236. The molecule has 9 heavy (non-hydrogen) atoms. The second-order valence-electron chi connectivity index (χ2n) is 1.16. The van der Waals surface area contributed by atoms with E-state index in [1.807, 2.05) is 0 Å². The van der Waals surface area contributed by atoms with Crippen LogP contribution >= 0.6 is 12.4 Å². The van der Waals surface area contributed by atoms with E-state index in [1.54, 1.807) is 6.92 Å². The third-order valence-electron chi connectivity index (χ3n) is 0.557. The van der Waals surface area contributed by atoms with Crippen molar-refractivity contribution in [3.05, 3.63) is 12.3 Å². The van der Waals surface area contributed by atoms with E-state index in [2.05, 4.69) is 11.3 Å².